The van der Waals surface area contributed by atoms with Crippen LogP contribution in [0.2, 0.25) is 0 Å². The van der Waals surface area contributed by atoms with Crippen LogP contribution in [0.15, 0.2) is 18.2 Å². The number of halogens is 3. The van der Waals surface area contributed by atoms with Gasteiger partial charge in [-0.25, -0.2) is 0 Å². The zero-order chi connectivity index (χ0) is 16.2. The number of carboxylic acids is 1. The fourth-order valence-electron chi connectivity index (χ4n) is 2.43. The zero-order valence-electron chi connectivity index (χ0n) is 11.8. The van der Waals surface area contributed by atoms with Crippen molar-refractivity contribution in [3.63, 3.8) is 0 Å². The second kappa shape index (κ2) is 7.00. The van der Waals surface area contributed by atoms with Gasteiger partial charge in [-0.05, 0) is 25.0 Å². The average Bonchev–Trinajstić information content (AvgIpc) is 2.47. The number of hydrogen-bond acceptors (Lipinski definition) is 4. The molecule has 1 fully saturated rings. The third-order valence-corrected chi connectivity index (χ3v) is 3.59. The van der Waals surface area contributed by atoms with Gasteiger partial charge in [-0.2, -0.15) is 13.2 Å². The Kier molecular flexibility index (Phi) is 5.28. The summed E-state index contributed by atoms with van der Waals surface area (Å²) in [5.74, 6) is -2.13. The summed E-state index contributed by atoms with van der Waals surface area (Å²) in [6.07, 6.45) is 0.241. The van der Waals surface area contributed by atoms with Gasteiger partial charge in [0, 0.05) is 5.56 Å². The van der Waals surface area contributed by atoms with Crippen LogP contribution in [0, 0.1) is 0 Å². The number of carbonyl (C=O) groups excluding carboxylic acids is 1. The maximum Gasteiger partial charge on any atom is 0.419 e. The Morgan fingerprint density at radius 3 is 2.50 bits per heavy atom. The Hall–Kier alpha value is -1.76. The molecule has 1 aromatic rings. The van der Waals surface area contributed by atoms with Crippen molar-refractivity contribution < 1.29 is 32.5 Å². The second-order valence-electron chi connectivity index (χ2n) is 5.19. The number of rotatable bonds is 5. The Morgan fingerprint density at radius 1 is 1.23 bits per heavy atom. The lowest BCUT2D eigenvalue weighted by atomic mass is 9.98. The van der Waals surface area contributed by atoms with E-state index in [1.165, 1.54) is 0 Å². The first-order valence-electron chi connectivity index (χ1n) is 7.05. The molecule has 0 aromatic heterocycles. The molecule has 0 heterocycles. The molecule has 1 saturated carbocycles. The van der Waals surface area contributed by atoms with Gasteiger partial charge in [0.25, 0.3) is 0 Å². The van der Waals surface area contributed by atoms with E-state index in [4.69, 9.17) is 9.47 Å². The van der Waals surface area contributed by atoms with Gasteiger partial charge in [0.15, 0.2) is 6.79 Å². The van der Waals surface area contributed by atoms with E-state index in [9.17, 15) is 23.1 Å². The van der Waals surface area contributed by atoms with Gasteiger partial charge >= 0.3 is 6.18 Å². The third-order valence-electron chi connectivity index (χ3n) is 3.59. The number of hydrogen-bond donors (Lipinski definition) is 0. The van der Waals surface area contributed by atoms with Crippen LogP contribution in [-0.4, -0.2) is 18.9 Å². The predicted octanol–water partition coefficient (Wildman–Crippen LogP) is 2.75. The van der Waals surface area contributed by atoms with E-state index >= 15 is 0 Å². The van der Waals surface area contributed by atoms with Crippen LogP contribution in [0.5, 0.6) is 5.75 Å². The minimum atomic E-state index is -4.63. The largest absolute Gasteiger partial charge is 0.545 e. The molecule has 4 nitrogen and oxygen atoms in total. The second-order valence-corrected chi connectivity index (χ2v) is 5.19. The van der Waals surface area contributed by atoms with Crippen LogP contribution < -0.4 is 9.84 Å². The van der Waals surface area contributed by atoms with Crippen LogP contribution >= 0.6 is 0 Å². The maximum absolute atomic E-state index is 12.9. The first kappa shape index (κ1) is 16.6. The molecule has 0 radical (unpaired) electrons. The Balaban J connectivity index is 2.06. The van der Waals surface area contributed by atoms with Crippen molar-refractivity contribution in [2.45, 2.75) is 44.4 Å². The lowest BCUT2D eigenvalue weighted by Crippen LogP contribution is -2.23. The summed E-state index contributed by atoms with van der Waals surface area (Å²) < 4.78 is 49.1. The average molecular weight is 317 g/mol. The normalized spacial score (nSPS) is 16.5. The van der Waals surface area contributed by atoms with Crippen LogP contribution in [0.4, 0.5) is 13.2 Å². The highest BCUT2D eigenvalue weighted by molar-refractivity contribution is 5.86. The van der Waals surface area contributed by atoms with Crippen molar-refractivity contribution in [2.24, 2.45) is 0 Å². The Labute approximate surface area is 125 Å². The number of alkyl halides is 3. The van der Waals surface area contributed by atoms with Crippen LogP contribution in [-0.2, 0) is 10.9 Å². The summed E-state index contributed by atoms with van der Waals surface area (Å²) in [5, 5.41) is 10.8. The van der Waals surface area contributed by atoms with E-state index in [0.29, 0.717) is 6.07 Å². The van der Waals surface area contributed by atoms with Crippen LogP contribution in [0.3, 0.4) is 0 Å². The smallest absolute Gasteiger partial charge is 0.419 e. The summed E-state index contributed by atoms with van der Waals surface area (Å²) >= 11 is 0. The summed E-state index contributed by atoms with van der Waals surface area (Å²) in [6, 6.07) is 2.32. The summed E-state index contributed by atoms with van der Waals surface area (Å²) in [5.41, 5.74) is -1.41. The Bertz CT molecular complexity index is 522. The molecule has 2 rings (SSSR count). The van der Waals surface area contributed by atoms with E-state index < -0.39 is 23.5 Å². The molecule has 0 amide bonds. The van der Waals surface area contributed by atoms with Crippen molar-refractivity contribution in [2.75, 3.05) is 6.79 Å². The van der Waals surface area contributed by atoms with E-state index in [2.05, 4.69) is 0 Å². The molecule has 1 aliphatic carbocycles. The molecular weight excluding hydrogens is 301 g/mol. The molecule has 22 heavy (non-hydrogen) atoms. The zero-order valence-corrected chi connectivity index (χ0v) is 11.8. The number of carbonyl (C=O) groups is 1. The predicted molar refractivity (Wildman–Crippen MR) is 69.2 cm³/mol. The highest BCUT2D eigenvalue weighted by Gasteiger charge is 2.34. The fourth-order valence-corrected chi connectivity index (χ4v) is 2.43. The van der Waals surface area contributed by atoms with E-state index in [1.807, 2.05) is 0 Å². The van der Waals surface area contributed by atoms with Crippen LogP contribution in [0.1, 0.15) is 48.0 Å². The molecule has 0 spiro atoms. The summed E-state index contributed by atoms with van der Waals surface area (Å²) in [4.78, 5) is 10.8. The van der Waals surface area contributed by atoms with E-state index in [0.717, 1.165) is 44.2 Å². The van der Waals surface area contributed by atoms with E-state index in [-0.39, 0.29) is 18.5 Å². The number of aromatic carboxylic acids is 1. The monoisotopic (exact) mass is 317 g/mol. The minimum absolute atomic E-state index is 0.0209. The molecule has 0 atom stereocenters. The summed E-state index contributed by atoms with van der Waals surface area (Å²) in [7, 11) is 0. The first-order valence-corrected chi connectivity index (χ1v) is 7.05. The molecule has 0 N–H and O–H groups in total. The maximum atomic E-state index is 12.9. The SMILES string of the molecule is O=C([O-])c1ccc(C(F)(F)F)c(OCOC2CCCCC2)c1. The van der Waals surface area contributed by atoms with Gasteiger partial charge in [0.2, 0.25) is 0 Å². The highest BCUT2D eigenvalue weighted by atomic mass is 19.4. The Morgan fingerprint density at radius 2 is 1.91 bits per heavy atom. The van der Waals surface area contributed by atoms with E-state index in [1.54, 1.807) is 0 Å². The molecule has 1 aromatic carbocycles. The third kappa shape index (κ3) is 4.37. The van der Waals surface area contributed by atoms with Gasteiger partial charge < -0.3 is 19.4 Å². The number of benzene rings is 1. The fraction of sp³-hybridized carbons (Fsp3) is 0.533. The van der Waals surface area contributed by atoms with Gasteiger partial charge in [0.1, 0.15) is 5.75 Å². The first-order chi connectivity index (χ1) is 10.4. The van der Waals surface area contributed by atoms with Crippen molar-refractivity contribution >= 4 is 5.97 Å². The van der Waals surface area contributed by atoms with Gasteiger partial charge in [-0.1, -0.05) is 25.3 Å². The molecule has 0 saturated heterocycles. The highest BCUT2D eigenvalue weighted by Crippen LogP contribution is 2.36. The van der Waals surface area contributed by atoms with Crippen LogP contribution in [0.25, 0.3) is 0 Å². The minimum Gasteiger partial charge on any atom is -0.545 e. The molecule has 122 valence electrons. The molecular formula is C15H16F3O4-. The molecule has 7 heteroatoms. The van der Waals surface area contributed by atoms with Gasteiger partial charge in [-0.3, -0.25) is 0 Å². The lowest BCUT2D eigenvalue weighted by Gasteiger charge is -2.22. The number of carboxylic acid groups (broad SMARTS) is 1. The van der Waals surface area contributed by atoms with Gasteiger partial charge in [-0.15, -0.1) is 0 Å². The number of ether oxygens (including phenoxy) is 2. The van der Waals surface area contributed by atoms with Crippen molar-refractivity contribution in [3.8, 4) is 5.75 Å². The molecule has 1 aliphatic rings. The van der Waals surface area contributed by atoms with Crippen molar-refractivity contribution in [3.05, 3.63) is 29.3 Å². The lowest BCUT2D eigenvalue weighted by molar-refractivity contribution is -0.255. The van der Waals surface area contributed by atoms with Gasteiger partial charge in [0.05, 0.1) is 17.6 Å². The van der Waals surface area contributed by atoms with Crippen molar-refractivity contribution in [1.82, 2.24) is 0 Å². The molecule has 0 aliphatic heterocycles. The standard InChI is InChI=1S/C15H17F3O4/c16-15(17,18)12-7-6-10(14(19)20)8-13(12)22-9-21-11-4-2-1-3-5-11/h6-8,11H,1-5,9H2,(H,19,20)/p-1. The van der Waals surface area contributed by atoms with Crippen molar-refractivity contribution in [1.29, 1.82) is 0 Å². The molecule has 0 unspecified atom stereocenters. The quantitative estimate of drug-likeness (QED) is 0.784. The topological polar surface area (TPSA) is 58.6 Å². The summed E-state index contributed by atoms with van der Waals surface area (Å²) in [6.45, 7) is -0.343. The molecule has 0 bridgehead atoms.